The molecule has 164 valence electrons. The minimum Gasteiger partial charge on any atom is -0.435 e. The molecule has 2 N–H and O–H groups in total. The van der Waals surface area contributed by atoms with Crippen LogP contribution in [-0.4, -0.2) is 48.5 Å². The summed E-state index contributed by atoms with van der Waals surface area (Å²) in [7, 11) is 3.71. The highest BCUT2D eigenvalue weighted by Gasteiger charge is 2.21. The van der Waals surface area contributed by atoms with E-state index in [0.29, 0.717) is 6.54 Å². The standard InChI is InChI=1S/C21H30F2N6O/c1-14-19(15(2)28(4)27-14)12-25-21(24-3)26-16-6-5-11-29(13-16)17-7-9-18(10-8-17)30-20(22)23/h7-10,16,20H,5-6,11-13H2,1-4H3,(H2,24,25,26). The fourth-order valence-electron chi connectivity index (χ4n) is 3.80. The van der Waals surface area contributed by atoms with Gasteiger partial charge in [-0.05, 0) is 51.0 Å². The molecule has 1 aromatic carbocycles. The van der Waals surface area contributed by atoms with Gasteiger partial charge in [0.2, 0.25) is 0 Å². The summed E-state index contributed by atoms with van der Waals surface area (Å²) in [4.78, 5) is 6.61. The van der Waals surface area contributed by atoms with Crippen LogP contribution >= 0.6 is 0 Å². The van der Waals surface area contributed by atoms with Crippen molar-refractivity contribution < 1.29 is 13.5 Å². The molecular formula is C21H30F2N6O. The van der Waals surface area contributed by atoms with E-state index in [2.05, 4.69) is 37.3 Å². The van der Waals surface area contributed by atoms with Gasteiger partial charge in [0.15, 0.2) is 5.96 Å². The molecule has 7 nitrogen and oxygen atoms in total. The van der Waals surface area contributed by atoms with Crippen LogP contribution in [0.5, 0.6) is 5.75 Å². The molecule has 9 heteroatoms. The number of aromatic nitrogens is 2. The molecule has 3 rings (SSSR count). The summed E-state index contributed by atoms with van der Waals surface area (Å²) >= 11 is 0. The first-order valence-corrected chi connectivity index (χ1v) is 10.1. The van der Waals surface area contributed by atoms with E-state index < -0.39 is 6.61 Å². The third kappa shape index (κ3) is 5.40. The molecular weight excluding hydrogens is 390 g/mol. The SMILES string of the molecule is CN=C(NCc1c(C)nn(C)c1C)NC1CCCN(c2ccc(OC(F)F)cc2)C1. The van der Waals surface area contributed by atoms with E-state index in [0.717, 1.165) is 49.0 Å². The molecule has 0 spiro atoms. The summed E-state index contributed by atoms with van der Waals surface area (Å²) in [5.41, 5.74) is 4.32. The molecule has 0 amide bonds. The van der Waals surface area contributed by atoms with Crippen molar-refractivity contribution in [3.05, 3.63) is 41.2 Å². The van der Waals surface area contributed by atoms with E-state index in [1.165, 1.54) is 5.56 Å². The van der Waals surface area contributed by atoms with E-state index in [4.69, 9.17) is 0 Å². The maximum atomic E-state index is 12.3. The lowest BCUT2D eigenvalue weighted by Gasteiger charge is -2.35. The monoisotopic (exact) mass is 420 g/mol. The van der Waals surface area contributed by atoms with Gasteiger partial charge >= 0.3 is 6.61 Å². The maximum Gasteiger partial charge on any atom is 0.387 e. The fourth-order valence-corrected chi connectivity index (χ4v) is 3.80. The molecule has 30 heavy (non-hydrogen) atoms. The number of halogens is 2. The Morgan fingerprint density at radius 3 is 2.63 bits per heavy atom. The van der Waals surface area contributed by atoms with Crippen LogP contribution in [0.1, 0.15) is 29.8 Å². The summed E-state index contributed by atoms with van der Waals surface area (Å²) in [5.74, 6) is 0.927. The third-order valence-corrected chi connectivity index (χ3v) is 5.50. The molecule has 0 radical (unpaired) electrons. The van der Waals surface area contributed by atoms with Crippen LogP contribution in [0.25, 0.3) is 0 Å². The fraction of sp³-hybridized carbons (Fsp3) is 0.524. The van der Waals surface area contributed by atoms with Crippen molar-refractivity contribution in [3.63, 3.8) is 0 Å². The number of piperidine rings is 1. The number of guanidine groups is 1. The largest absolute Gasteiger partial charge is 0.435 e. The van der Waals surface area contributed by atoms with Crippen LogP contribution in [-0.2, 0) is 13.6 Å². The number of nitrogens with zero attached hydrogens (tertiary/aromatic N) is 4. The number of aryl methyl sites for hydroxylation is 2. The zero-order valence-electron chi connectivity index (χ0n) is 18.0. The lowest BCUT2D eigenvalue weighted by atomic mass is 10.0. The van der Waals surface area contributed by atoms with Crippen molar-refractivity contribution in [1.82, 2.24) is 20.4 Å². The van der Waals surface area contributed by atoms with Gasteiger partial charge in [0.1, 0.15) is 5.75 Å². The summed E-state index contributed by atoms with van der Waals surface area (Å²) in [6.07, 6.45) is 2.07. The van der Waals surface area contributed by atoms with Crippen LogP contribution in [0.15, 0.2) is 29.3 Å². The quantitative estimate of drug-likeness (QED) is 0.556. The van der Waals surface area contributed by atoms with Gasteiger partial charge in [-0.1, -0.05) is 0 Å². The van der Waals surface area contributed by atoms with Crippen LogP contribution in [0, 0.1) is 13.8 Å². The molecule has 1 fully saturated rings. The Labute approximate surface area is 176 Å². The first kappa shape index (κ1) is 21.9. The topological polar surface area (TPSA) is 66.7 Å². The van der Waals surface area contributed by atoms with Gasteiger partial charge in [-0.2, -0.15) is 13.9 Å². The number of nitrogens with one attached hydrogen (secondary N) is 2. The van der Waals surface area contributed by atoms with Crippen molar-refractivity contribution in [2.24, 2.45) is 12.0 Å². The van der Waals surface area contributed by atoms with Gasteiger partial charge in [0.05, 0.1) is 5.69 Å². The molecule has 1 unspecified atom stereocenters. The predicted molar refractivity (Wildman–Crippen MR) is 114 cm³/mol. The number of hydrogen-bond donors (Lipinski definition) is 2. The van der Waals surface area contributed by atoms with Gasteiger partial charge in [-0.25, -0.2) is 0 Å². The van der Waals surface area contributed by atoms with Gasteiger partial charge < -0.3 is 20.3 Å². The molecule has 1 aromatic heterocycles. The predicted octanol–water partition coefficient (Wildman–Crippen LogP) is 2.97. The van der Waals surface area contributed by atoms with E-state index in [1.807, 2.05) is 30.8 Å². The van der Waals surface area contributed by atoms with E-state index >= 15 is 0 Å². The third-order valence-electron chi connectivity index (χ3n) is 5.50. The Balaban J connectivity index is 1.56. The highest BCUT2D eigenvalue weighted by atomic mass is 19.3. The second kappa shape index (κ2) is 9.77. The summed E-state index contributed by atoms with van der Waals surface area (Å²) in [5, 5.41) is 11.3. The van der Waals surface area contributed by atoms with Crippen molar-refractivity contribution >= 4 is 11.6 Å². The summed E-state index contributed by atoms with van der Waals surface area (Å²) in [6, 6.07) is 7.04. The van der Waals surface area contributed by atoms with Gasteiger partial charge in [-0.15, -0.1) is 0 Å². The van der Waals surface area contributed by atoms with Crippen LogP contribution in [0.4, 0.5) is 14.5 Å². The van der Waals surface area contributed by atoms with Gasteiger partial charge in [0.25, 0.3) is 0 Å². The Bertz CT molecular complexity index is 865. The Kier molecular flexibility index (Phi) is 7.12. The van der Waals surface area contributed by atoms with E-state index in [1.54, 1.807) is 19.2 Å². The minimum absolute atomic E-state index is 0.172. The van der Waals surface area contributed by atoms with E-state index in [-0.39, 0.29) is 11.8 Å². The summed E-state index contributed by atoms with van der Waals surface area (Å²) in [6.45, 7) is 3.65. The lowest BCUT2D eigenvalue weighted by Crippen LogP contribution is -2.51. The molecule has 2 heterocycles. The minimum atomic E-state index is -2.81. The zero-order valence-corrected chi connectivity index (χ0v) is 18.0. The molecule has 1 saturated heterocycles. The van der Waals surface area contributed by atoms with Crippen molar-refractivity contribution in [3.8, 4) is 5.75 Å². The summed E-state index contributed by atoms with van der Waals surface area (Å²) < 4.78 is 31.0. The van der Waals surface area contributed by atoms with Gasteiger partial charge in [0, 0.05) is 56.7 Å². The number of benzene rings is 1. The average molecular weight is 421 g/mol. The van der Waals surface area contributed by atoms with Crippen molar-refractivity contribution in [2.75, 3.05) is 25.0 Å². The molecule has 0 saturated carbocycles. The van der Waals surface area contributed by atoms with Crippen LogP contribution in [0.2, 0.25) is 0 Å². The zero-order chi connectivity index (χ0) is 21.7. The molecule has 1 atom stereocenters. The Morgan fingerprint density at radius 2 is 2.03 bits per heavy atom. The number of rotatable bonds is 6. The first-order chi connectivity index (χ1) is 14.4. The highest BCUT2D eigenvalue weighted by Crippen LogP contribution is 2.24. The van der Waals surface area contributed by atoms with Crippen molar-refractivity contribution in [1.29, 1.82) is 0 Å². The molecule has 1 aliphatic rings. The molecule has 1 aliphatic heterocycles. The maximum absolute atomic E-state index is 12.3. The molecule has 0 aliphatic carbocycles. The first-order valence-electron chi connectivity index (χ1n) is 10.1. The van der Waals surface area contributed by atoms with E-state index in [9.17, 15) is 8.78 Å². The molecule has 0 bridgehead atoms. The van der Waals surface area contributed by atoms with Gasteiger partial charge in [-0.3, -0.25) is 9.67 Å². The second-order valence-corrected chi connectivity index (χ2v) is 7.50. The molecule has 2 aromatic rings. The number of hydrogen-bond acceptors (Lipinski definition) is 4. The van der Waals surface area contributed by atoms with Crippen LogP contribution < -0.4 is 20.3 Å². The Hall–Kier alpha value is -2.84. The number of alkyl halides is 2. The number of aliphatic imine (C=N–C) groups is 1. The van der Waals surface area contributed by atoms with Crippen molar-refractivity contribution in [2.45, 2.75) is 45.9 Å². The normalized spacial score (nSPS) is 17.4. The lowest BCUT2D eigenvalue weighted by molar-refractivity contribution is -0.0498. The highest BCUT2D eigenvalue weighted by molar-refractivity contribution is 5.80. The average Bonchev–Trinajstić information content (AvgIpc) is 2.97. The van der Waals surface area contributed by atoms with Crippen LogP contribution in [0.3, 0.4) is 0 Å². The number of ether oxygens (including phenoxy) is 1. The number of anilines is 1. The Morgan fingerprint density at radius 1 is 1.30 bits per heavy atom. The second-order valence-electron chi connectivity index (χ2n) is 7.50. The smallest absolute Gasteiger partial charge is 0.387 e.